The molecule has 2 aliphatic rings. The predicted molar refractivity (Wildman–Crippen MR) is 134 cm³/mol. The lowest BCUT2D eigenvalue weighted by Crippen LogP contribution is -2.46. The number of nitrogens with one attached hydrogen (secondary N) is 1. The topological polar surface area (TPSA) is 98.7 Å². The number of amides is 2. The van der Waals surface area contributed by atoms with Crippen molar-refractivity contribution >= 4 is 17.6 Å². The molecule has 8 nitrogen and oxygen atoms in total. The molecule has 1 aromatic heterocycles. The largest absolute Gasteiger partial charge is 0.507 e. The van der Waals surface area contributed by atoms with Gasteiger partial charge in [0.2, 0.25) is 0 Å². The second-order valence-electron chi connectivity index (χ2n) is 9.58. The molecule has 1 fully saturated rings. The number of hydrogen-bond donors (Lipinski definition) is 2. The van der Waals surface area contributed by atoms with E-state index in [0.717, 1.165) is 25.5 Å². The second kappa shape index (κ2) is 10.1. The van der Waals surface area contributed by atoms with E-state index in [4.69, 9.17) is 0 Å². The van der Waals surface area contributed by atoms with Crippen LogP contribution in [0.4, 0.5) is 19.0 Å². The molecule has 5 rings (SSSR count). The standard InChI is InChI=1S/C27H26F3N5O3/c1-16-13-23(32-33-24(16)21-9-8-17(14-22(21)36)27(28,29)30)31-18-5-4-10-34(15-18)11-12-35-25(37)19-6-2-3-7-20(19)26(35)38/h2-3,6-9,13-14,18,36H,4-5,10-12,15H2,1H3,(H,31,32)/t18-/m1/s1. The van der Waals surface area contributed by atoms with Crippen LogP contribution < -0.4 is 5.32 Å². The van der Waals surface area contributed by atoms with Crippen LogP contribution in [-0.4, -0.2) is 69.1 Å². The van der Waals surface area contributed by atoms with Gasteiger partial charge in [-0.3, -0.25) is 19.4 Å². The van der Waals surface area contributed by atoms with Gasteiger partial charge in [-0.15, -0.1) is 10.2 Å². The Labute approximate surface area is 217 Å². The van der Waals surface area contributed by atoms with Gasteiger partial charge in [0, 0.05) is 31.2 Å². The van der Waals surface area contributed by atoms with E-state index < -0.39 is 17.5 Å². The summed E-state index contributed by atoms with van der Waals surface area (Å²) in [6.07, 6.45) is -2.74. The summed E-state index contributed by atoms with van der Waals surface area (Å²) in [6.45, 7) is 4.15. The van der Waals surface area contributed by atoms with Gasteiger partial charge in [-0.2, -0.15) is 13.2 Å². The molecule has 0 radical (unpaired) electrons. The number of phenols is 1. The van der Waals surface area contributed by atoms with Crippen LogP contribution in [0.1, 0.15) is 44.7 Å². The Morgan fingerprint density at radius 3 is 2.34 bits per heavy atom. The third kappa shape index (κ3) is 5.06. The first-order valence-corrected chi connectivity index (χ1v) is 12.3. The molecule has 198 valence electrons. The van der Waals surface area contributed by atoms with Crippen molar-refractivity contribution in [3.8, 4) is 17.0 Å². The number of nitrogens with zero attached hydrogens (tertiary/aromatic N) is 4. The fraction of sp³-hybridized carbons (Fsp3) is 0.333. The monoisotopic (exact) mass is 525 g/mol. The summed E-state index contributed by atoms with van der Waals surface area (Å²) in [6, 6.07) is 11.4. The highest BCUT2D eigenvalue weighted by molar-refractivity contribution is 6.21. The first-order valence-electron chi connectivity index (χ1n) is 12.3. The average molecular weight is 526 g/mol. The van der Waals surface area contributed by atoms with Crippen molar-refractivity contribution in [2.24, 2.45) is 0 Å². The molecule has 0 bridgehead atoms. The van der Waals surface area contributed by atoms with Crippen LogP contribution in [0.25, 0.3) is 11.3 Å². The van der Waals surface area contributed by atoms with Crippen molar-refractivity contribution in [2.45, 2.75) is 32.0 Å². The van der Waals surface area contributed by atoms with Crippen LogP contribution in [0.5, 0.6) is 5.75 Å². The second-order valence-corrected chi connectivity index (χ2v) is 9.58. The number of aromatic hydroxyl groups is 1. The summed E-state index contributed by atoms with van der Waals surface area (Å²) < 4.78 is 38.8. The molecule has 3 heterocycles. The van der Waals surface area contributed by atoms with Crippen molar-refractivity contribution in [3.05, 3.63) is 70.8 Å². The molecule has 3 aromatic rings. The van der Waals surface area contributed by atoms with Gasteiger partial charge >= 0.3 is 6.18 Å². The number of imide groups is 1. The SMILES string of the molecule is Cc1cc(N[C@@H]2CCCN(CCN3C(=O)c4ccccc4C3=O)C2)nnc1-c1ccc(C(F)(F)F)cc1O. The van der Waals surface area contributed by atoms with Gasteiger partial charge in [-0.05, 0) is 68.3 Å². The van der Waals surface area contributed by atoms with Gasteiger partial charge < -0.3 is 10.4 Å². The van der Waals surface area contributed by atoms with E-state index in [1.807, 2.05) is 0 Å². The molecule has 38 heavy (non-hydrogen) atoms. The number of aryl methyl sites for hydroxylation is 1. The number of aromatic nitrogens is 2. The number of piperidine rings is 1. The zero-order valence-electron chi connectivity index (χ0n) is 20.6. The Morgan fingerprint density at radius 2 is 1.71 bits per heavy atom. The number of carbonyl (C=O) groups is 2. The Morgan fingerprint density at radius 1 is 1.00 bits per heavy atom. The molecule has 0 spiro atoms. The van der Waals surface area contributed by atoms with Crippen LogP contribution >= 0.6 is 0 Å². The summed E-state index contributed by atoms with van der Waals surface area (Å²) in [5, 5.41) is 21.9. The minimum Gasteiger partial charge on any atom is -0.507 e. The molecule has 0 saturated carbocycles. The maximum absolute atomic E-state index is 12.9. The Hall–Kier alpha value is -3.99. The van der Waals surface area contributed by atoms with Gasteiger partial charge in [0.15, 0.2) is 0 Å². The maximum atomic E-state index is 12.9. The molecule has 11 heteroatoms. The van der Waals surface area contributed by atoms with Gasteiger partial charge in [0.25, 0.3) is 11.8 Å². The molecule has 2 aromatic carbocycles. The Bertz CT molecular complexity index is 1360. The van der Waals surface area contributed by atoms with Crippen molar-refractivity contribution in [3.63, 3.8) is 0 Å². The van der Waals surface area contributed by atoms with E-state index in [0.29, 0.717) is 53.9 Å². The molecule has 2 aliphatic heterocycles. The smallest absolute Gasteiger partial charge is 0.416 e. The summed E-state index contributed by atoms with van der Waals surface area (Å²) in [5.41, 5.74) is 1.07. The van der Waals surface area contributed by atoms with Crippen molar-refractivity contribution < 1.29 is 27.9 Å². The quantitative estimate of drug-likeness (QED) is 0.462. The fourth-order valence-electron chi connectivity index (χ4n) is 5.00. The average Bonchev–Trinajstić information content (AvgIpc) is 3.12. The van der Waals surface area contributed by atoms with Gasteiger partial charge in [0.05, 0.1) is 22.4 Å². The van der Waals surface area contributed by atoms with Crippen LogP contribution in [0.15, 0.2) is 48.5 Å². The lowest BCUT2D eigenvalue weighted by Gasteiger charge is -2.34. The normalized spacial score (nSPS) is 18.1. The summed E-state index contributed by atoms with van der Waals surface area (Å²) in [5.74, 6) is -0.520. The van der Waals surface area contributed by atoms with Gasteiger partial charge in [0.1, 0.15) is 11.6 Å². The van der Waals surface area contributed by atoms with Crippen LogP contribution in [-0.2, 0) is 6.18 Å². The highest BCUT2D eigenvalue weighted by Gasteiger charge is 2.35. The molecular formula is C27H26F3N5O3. The lowest BCUT2D eigenvalue weighted by molar-refractivity contribution is -0.137. The number of hydrogen-bond acceptors (Lipinski definition) is 7. The first kappa shape index (κ1) is 25.7. The number of halogens is 3. The molecule has 0 unspecified atom stereocenters. The van der Waals surface area contributed by atoms with E-state index in [1.165, 1.54) is 11.0 Å². The molecule has 2 amide bonds. The van der Waals surface area contributed by atoms with E-state index >= 15 is 0 Å². The molecule has 2 N–H and O–H groups in total. The molecule has 1 saturated heterocycles. The number of carbonyl (C=O) groups excluding carboxylic acids is 2. The van der Waals surface area contributed by atoms with E-state index in [1.54, 1.807) is 37.3 Å². The van der Waals surface area contributed by atoms with E-state index in [9.17, 15) is 27.9 Å². The van der Waals surface area contributed by atoms with Crippen molar-refractivity contribution in [1.29, 1.82) is 0 Å². The fourth-order valence-corrected chi connectivity index (χ4v) is 5.00. The molecule has 0 aliphatic carbocycles. The molecule has 1 atom stereocenters. The number of benzene rings is 2. The minimum absolute atomic E-state index is 0.0601. The summed E-state index contributed by atoms with van der Waals surface area (Å²) >= 11 is 0. The zero-order chi connectivity index (χ0) is 27.0. The van der Waals surface area contributed by atoms with E-state index in [-0.39, 0.29) is 23.4 Å². The van der Waals surface area contributed by atoms with Gasteiger partial charge in [-0.25, -0.2) is 0 Å². The lowest BCUT2D eigenvalue weighted by atomic mass is 10.0. The maximum Gasteiger partial charge on any atom is 0.416 e. The van der Waals surface area contributed by atoms with Crippen LogP contribution in [0, 0.1) is 6.92 Å². The number of rotatable bonds is 6. The highest BCUT2D eigenvalue weighted by Crippen LogP contribution is 2.37. The third-order valence-corrected chi connectivity index (χ3v) is 6.94. The number of anilines is 1. The van der Waals surface area contributed by atoms with E-state index in [2.05, 4.69) is 20.4 Å². The van der Waals surface area contributed by atoms with Gasteiger partial charge in [-0.1, -0.05) is 12.1 Å². The minimum atomic E-state index is -4.55. The highest BCUT2D eigenvalue weighted by atomic mass is 19.4. The summed E-state index contributed by atoms with van der Waals surface area (Å²) in [7, 11) is 0. The number of likely N-dealkylation sites (tertiary alicyclic amines) is 1. The Kier molecular flexibility index (Phi) is 6.78. The molecular weight excluding hydrogens is 499 g/mol. The summed E-state index contributed by atoms with van der Waals surface area (Å²) in [4.78, 5) is 28.7. The number of fused-ring (bicyclic) bond motifs is 1. The number of alkyl halides is 3. The predicted octanol–water partition coefficient (Wildman–Crippen LogP) is 4.35. The van der Waals surface area contributed by atoms with Crippen LogP contribution in [0.2, 0.25) is 0 Å². The van der Waals surface area contributed by atoms with Crippen molar-refractivity contribution in [2.75, 3.05) is 31.5 Å². The Balaban J connectivity index is 1.20. The zero-order valence-corrected chi connectivity index (χ0v) is 20.6. The first-order chi connectivity index (χ1) is 18.1. The third-order valence-electron chi connectivity index (χ3n) is 6.94. The number of phenolic OH excluding ortho intramolecular Hbond substituents is 1. The van der Waals surface area contributed by atoms with Crippen LogP contribution in [0.3, 0.4) is 0 Å². The van der Waals surface area contributed by atoms with Crippen molar-refractivity contribution in [1.82, 2.24) is 20.0 Å².